The summed E-state index contributed by atoms with van der Waals surface area (Å²) in [4.78, 5) is 23.1. The summed E-state index contributed by atoms with van der Waals surface area (Å²) < 4.78 is 18.0. The first-order valence-corrected chi connectivity index (χ1v) is 5.62. The third-order valence-corrected chi connectivity index (χ3v) is 2.58. The molecule has 1 unspecified atom stereocenters. The average molecular weight is 252 g/mol. The lowest BCUT2D eigenvalue weighted by Gasteiger charge is -2.23. The van der Waals surface area contributed by atoms with Crippen LogP contribution in [0.3, 0.4) is 0 Å². The second-order valence-corrected chi connectivity index (χ2v) is 3.86. The fourth-order valence-corrected chi connectivity index (χ4v) is 1.82. The second kappa shape index (κ2) is 5.03. The quantitative estimate of drug-likeness (QED) is 0.815. The largest absolute Gasteiger partial charge is 0.464 e. The zero-order chi connectivity index (χ0) is 13.1. The van der Waals surface area contributed by atoms with Gasteiger partial charge in [-0.1, -0.05) is 6.07 Å². The van der Waals surface area contributed by atoms with E-state index < -0.39 is 17.8 Å². The molecule has 1 saturated heterocycles. The first kappa shape index (κ1) is 12.3. The van der Waals surface area contributed by atoms with Crippen molar-refractivity contribution in [2.45, 2.75) is 19.4 Å². The number of rotatable bonds is 3. The van der Waals surface area contributed by atoms with Crippen molar-refractivity contribution >= 4 is 17.6 Å². The number of hydrazine groups is 1. The Morgan fingerprint density at radius 3 is 3.06 bits per heavy atom. The highest BCUT2D eigenvalue weighted by molar-refractivity contribution is 5.93. The van der Waals surface area contributed by atoms with Gasteiger partial charge in [0.2, 0.25) is 5.91 Å². The first-order valence-electron chi connectivity index (χ1n) is 5.62. The van der Waals surface area contributed by atoms with Gasteiger partial charge in [0.05, 0.1) is 18.7 Å². The van der Waals surface area contributed by atoms with Crippen molar-refractivity contribution < 1.29 is 18.7 Å². The molecule has 1 aliphatic rings. The SMILES string of the molecule is CCOC(=O)C1CC(=O)NN1c1cccc(F)c1. The maximum atomic E-state index is 13.1. The highest BCUT2D eigenvalue weighted by Gasteiger charge is 2.37. The van der Waals surface area contributed by atoms with Crippen LogP contribution < -0.4 is 10.4 Å². The third-order valence-electron chi connectivity index (χ3n) is 2.58. The third kappa shape index (κ3) is 2.42. The maximum Gasteiger partial charge on any atom is 0.331 e. The molecule has 96 valence electrons. The summed E-state index contributed by atoms with van der Waals surface area (Å²) in [5, 5.41) is 1.34. The van der Waals surface area contributed by atoms with Crippen molar-refractivity contribution in [3.8, 4) is 0 Å². The topological polar surface area (TPSA) is 58.6 Å². The second-order valence-electron chi connectivity index (χ2n) is 3.86. The maximum absolute atomic E-state index is 13.1. The highest BCUT2D eigenvalue weighted by atomic mass is 19.1. The van der Waals surface area contributed by atoms with Gasteiger partial charge >= 0.3 is 5.97 Å². The lowest BCUT2D eigenvalue weighted by Crippen LogP contribution is -2.43. The van der Waals surface area contributed by atoms with Crippen molar-refractivity contribution in [1.82, 2.24) is 5.43 Å². The molecule has 5 nitrogen and oxygen atoms in total. The fourth-order valence-electron chi connectivity index (χ4n) is 1.82. The van der Waals surface area contributed by atoms with E-state index in [4.69, 9.17) is 4.74 Å². The zero-order valence-electron chi connectivity index (χ0n) is 9.85. The highest BCUT2D eigenvalue weighted by Crippen LogP contribution is 2.22. The number of ether oxygens (including phenoxy) is 1. The lowest BCUT2D eigenvalue weighted by molar-refractivity contribution is -0.144. The van der Waals surface area contributed by atoms with E-state index >= 15 is 0 Å². The smallest absolute Gasteiger partial charge is 0.331 e. The summed E-state index contributed by atoms with van der Waals surface area (Å²) >= 11 is 0. The Hall–Kier alpha value is -2.11. The van der Waals surface area contributed by atoms with Crippen LogP contribution >= 0.6 is 0 Å². The molecule has 1 atom stereocenters. The lowest BCUT2D eigenvalue weighted by atomic mass is 10.2. The molecule has 1 N–H and O–H groups in total. The summed E-state index contributed by atoms with van der Waals surface area (Å²) in [7, 11) is 0. The number of benzene rings is 1. The standard InChI is InChI=1S/C12H13FN2O3/c1-2-18-12(17)10-7-11(16)14-15(10)9-5-3-4-8(13)6-9/h3-6,10H,2,7H2,1H3,(H,14,16). The Morgan fingerprint density at radius 1 is 1.61 bits per heavy atom. The molecule has 1 heterocycles. The molecule has 0 radical (unpaired) electrons. The molecule has 0 saturated carbocycles. The Morgan fingerprint density at radius 2 is 2.39 bits per heavy atom. The summed E-state index contributed by atoms with van der Waals surface area (Å²) in [6.45, 7) is 1.93. The minimum atomic E-state index is -0.751. The van der Waals surface area contributed by atoms with Crippen LogP contribution in [-0.4, -0.2) is 24.5 Å². The van der Waals surface area contributed by atoms with Crippen molar-refractivity contribution in [2.75, 3.05) is 11.6 Å². The van der Waals surface area contributed by atoms with Crippen molar-refractivity contribution in [3.05, 3.63) is 30.1 Å². The van der Waals surface area contributed by atoms with E-state index in [9.17, 15) is 14.0 Å². The van der Waals surface area contributed by atoms with Gasteiger partial charge in [0.25, 0.3) is 0 Å². The summed E-state index contributed by atoms with van der Waals surface area (Å²) in [6.07, 6.45) is 0.00927. The fraction of sp³-hybridized carbons (Fsp3) is 0.333. The monoisotopic (exact) mass is 252 g/mol. The van der Waals surface area contributed by atoms with Gasteiger partial charge in [0, 0.05) is 0 Å². The minimum absolute atomic E-state index is 0.00927. The van der Waals surface area contributed by atoms with Crippen LogP contribution in [0.15, 0.2) is 24.3 Å². The molecule has 0 aliphatic carbocycles. The molecule has 1 aliphatic heterocycles. The van der Waals surface area contributed by atoms with Crippen LogP contribution in [-0.2, 0) is 14.3 Å². The van der Waals surface area contributed by atoms with Crippen molar-refractivity contribution in [3.63, 3.8) is 0 Å². The minimum Gasteiger partial charge on any atom is -0.464 e. The van der Waals surface area contributed by atoms with Crippen LogP contribution in [0.1, 0.15) is 13.3 Å². The van der Waals surface area contributed by atoms with E-state index in [2.05, 4.69) is 5.43 Å². The number of amides is 1. The number of esters is 1. The van der Waals surface area contributed by atoms with Crippen LogP contribution in [0.5, 0.6) is 0 Å². The number of anilines is 1. The first-order chi connectivity index (χ1) is 8.61. The number of nitrogens with one attached hydrogen (secondary N) is 1. The van der Waals surface area contributed by atoms with Crippen LogP contribution in [0.25, 0.3) is 0 Å². The number of carbonyl (C=O) groups excluding carboxylic acids is 2. The van der Waals surface area contributed by atoms with Gasteiger partial charge in [0.1, 0.15) is 5.82 Å². The van der Waals surface area contributed by atoms with Crippen LogP contribution in [0.4, 0.5) is 10.1 Å². The van der Waals surface area contributed by atoms with Gasteiger partial charge in [-0.05, 0) is 25.1 Å². The Labute approximate surface area is 103 Å². The van der Waals surface area contributed by atoms with Crippen LogP contribution in [0.2, 0.25) is 0 Å². The molecular weight excluding hydrogens is 239 g/mol. The van der Waals surface area contributed by atoms with Crippen molar-refractivity contribution in [1.29, 1.82) is 0 Å². The van der Waals surface area contributed by atoms with Gasteiger partial charge in [-0.25, -0.2) is 9.18 Å². The average Bonchev–Trinajstić information content (AvgIpc) is 2.72. The summed E-state index contributed by atoms with van der Waals surface area (Å²) in [5.41, 5.74) is 2.93. The number of hydrogen-bond donors (Lipinski definition) is 1. The number of hydrogen-bond acceptors (Lipinski definition) is 4. The van der Waals surface area contributed by atoms with Gasteiger partial charge < -0.3 is 4.74 Å². The van der Waals surface area contributed by atoms with E-state index in [0.717, 1.165) is 0 Å². The molecule has 6 heteroatoms. The van der Waals surface area contributed by atoms with E-state index in [1.165, 1.54) is 23.2 Å². The van der Waals surface area contributed by atoms with Crippen molar-refractivity contribution in [2.24, 2.45) is 0 Å². The van der Waals surface area contributed by atoms with E-state index in [1.807, 2.05) is 0 Å². The van der Waals surface area contributed by atoms with Gasteiger partial charge in [-0.3, -0.25) is 15.2 Å². The Bertz CT molecular complexity index is 478. The molecule has 2 rings (SSSR count). The number of nitrogens with zero attached hydrogens (tertiary/aromatic N) is 1. The summed E-state index contributed by atoms with van der Waals surface area (Å²) in [6, 6.07) is 4.91. The molecule has 0 spiro atoms. The number of carbonyl (C=O) groups is 2. The molecule has 0 aromatic heterocycles. The molecule has 1 fully saturated rings. The molecule has 1 aromatic rings. The van der Waals surface area contributed by atoms with E-state index in [1.54, 1.807) is 13.0 Å². The predicted molar refractivity (Wildman–Crippen MR) is 62.1 cm³/mol. The Balaban J connectivity index is 2.24. The van der Waals surface area contributed by atoms with Gasteiger partial charge in [0.15, 0.2) is 6.04 Å². The van der Waals surface area contributed by atoms with E-state index in [-0.39, 0.29) is 18.9 Å². The molecule has 0 bridgehead atoms. The van der Waals surface area contributed by atoms with Crippen LogP contribution in [0, 0.1) is 5.82 Å². The van der Waals surface area contributed by atoms with Gasteiger partial charge in [-0.2, -0.15) is 0 Å². The molecular formula is C12H13FN2O3. The van der Waals surface area contributed by atoms with Gasteiger partial charge in [-0.15, -0.1) is 0 Å². The molecule has 1 aromatic carbocycles. The Kier molecular flexibility index (Phi) is 3.45. The van der Waals surface area contributed by atoms with E-state index in [0.29, 0.717) is 5.69 Å². The predicted octanol–water partition coefficient (Wildman–Crippen LogP) is 0.999. The molecule has 1 amide bonds. The number of halogens is 1. The molecule has 18 heavy (non-hydrogen) atoms. The summed E-state index contributed by atoms with van der Waals surface area (Å²) in [5.74, 6) is -1.23. The zero-order valence-corrected chi connectivity index (χ0v) is 9.85. The normalized spacial score (nSPS) is 18.7.